The van der Waals surface area contributed by atoms with Crippen LogP contribution < -0.4 is 4.90 Å². The van der Waals surface area contributed by atoms with E-state index in [2.05, 4.69) is 243 Å². The largest absolute Gasteiger partial charge is 0.455 e. The van der Waals surface area contributed by atoms with Gasteiger partial charge in [0.25, 0.3) is 0 Å². The maximum Gasteiger partial charge on any atom is 0.143 e. The number of hydrogen-bond acceptors (Lipinski definition) is 2. The van der Waals surface area contributed by atoms with Gasteiger partial charge < -0.3 is 9.32 Å². The summed E-state index contributed by atoms with van der Waals surface area (Å²) in [6.45, 7) is 4.71. The van der Waals surface area contributed by atoms with Crippen molar-refractivity contribution in [1.82, 2.24) is 0 Å². The number of fused-ring (bicyclic) bond motifs is 8. The molecule has 0 bridgehead atoms. The molecule has 1 heterocycles. The molecule has 0 saturated carbocycles. The van der Waals surface area contributed by atoms with Crippen molar-refractivity contribution < 1.29 is 4.42 Å². The van der Waals surface area contributed by atoms with Crippen LogP contribution in [0.25, 0.3) is 88.3 Å². The second-order valence-corrected chi connectivity index (χ2v) is 17.3. The van der Waals surface area contributed by atoms with Gasteiger partial charge in [0.2, 0.25) is 0 Å². The fourth-order valence-corrected chi connectivity index (χ4v) is 10.1. The summed E-state index contributed by atoms with van der Waals surface area (Å²) in [5, 5.41) is 4.51. The van der Waals surface area contributed by atoms with Crippen LogP contribution in [0.2, 0.25) is 0 Å². The van der Waals surface area contributed by atoms with Gasteiger partial charge in [-0.15, -0.1) is 0 Å². The quantitative estimate of drug-likeness (QED) is 0.160. The molecule has 1 aromatic heterocycles. The highest BCUT2D eigenvalue weighted by molar-refractivity contribution is 6.22. The molecule has 63 heavy (non-hydrogen) atoms. The van der Waals surface area contributed by atoms with Crippen LogP contribution in [0.5, 0.6) is 0 Å². The fourth-order valence-electron chi connectivity index (χ4n) is 10.1. The summed E-state index contributed by atoms with van der Waals surface area (Å²) in [5.74, 6) is 0. The molecule has 11 aromatic rings. The smallest absolute Gasteiger partial charge is 0.143 e. The molecule has 0 spiro atoms. The molecule has 0 aliphatic heterocycles. The number of nitrogens with zero attached hydrogens (tertiary/aromatic N) is 1. The van der Waals surface area contributed by atoms with Crippen molar-refractivity contribution in [3.63, 3.8) is 0 Å². The molecule has 0 unspecified atom stereocenters. The average Bonchev–Trinajstić information content (AvgIpc) is 3.84. The van der Waals surface area contributed by atoms with E-state index < -0.39 is 0 Å². The van der Waals surface area contributed by atoms with Crippen molar-refractivity contribution in [3.05, 3.63) is 236 Å². The summed E-state index contributed by atoms with van der Waals surface area (Å²) in [7, 11) is 0. The first-order valence-electron chi connectivity index (χ1n) is 21.8. The molecular weight excluding hydrogens is 763 g/mol. The zero-order chi connectivity index (χ0) is 42.1. The van der Waals surface area contributed by atoms with E-state index in [-0.39, 0.29) is 5.41 Å². The predicted molar refractivity (Wildman–Crippen MR) is 265 cm³/mol. The minimum absolute atomic E-state index is 0.128. The Balaban J connectivity index is 1.03. The standard InChI is InChI=1S/C61H43NO/c1-61(2)56-28-12-11-25-51(56)52-35-34-48(38-57(52)61)62(46-32-30-42(31-33-46)40-16-5-3-6-17-40)47-23-14-22-45(37-47)49-27-15-29-58-59(49)55-39-54(50-24-9-10-26-53(50)60(55)63-58)44-21-13-20-43(36-44)41-18-7-4-8-19-41/h3-39H,1-2H3. The van der Waals surface area contributed by atoms with Gasteiger partial charge in [-0.1, -0.05) is 184 Å². The fraction of sp³-hybridized carbons (Fsp3) is 0.0492. The lowest BCUT2D eigenvalue weighted by atomic mass is 9.82. The molecule has 0 atom stereocenters. The predicted octanol–water partition coefficient (Wildman–Crippen LogP) is 17.2. The number of furan rings is 1. The van der Waals surface area contributed by atoms with Crippen molar-refractivity contribution in [2.75, 3.05) is 4.90 Å². The zero-order valence-electron chi connectivity index (χ0n) is 35.2. The molecule has 0 fully saturated rings. The van der Waals surface area contributed by atoms with Gasteiger partial charge in [-0.25, -0.2) is 0 Å². The molecule has 0 saturated heterocycles. The lowest BCUT2D eigenvalue weighted by molar-refractivity contribution is 0.660. The van der Waals surface area contributed by atoms with E-state index in [0.717, 1.165) is 55.5 Å². The SMILES string of the molecule is CC1(C)c2ccccc2-c2ccc(N(c3ccc(-c4ccccc4)cc3)c3cccc(-c4cccc5oc6c7ccccc7c(-c7cccc(-c8ccccc8)c7)cc6c45)c3)cc21. The van der Waals surface area contributed by atoms with Crippen molar-refractivity contribution >= 4 is 49.8 Å². The first-order valence-corrected chi connectivity index (χ1v) is 21.8. The summed E-state index contributed by atoms with van der Waals surface area (Å²) >= 11 is 0. The first kappa shape index (κ1) is 36.9. The summed E-state index contributed by atoms with van der Waals surface area (Å²) in [5.41, 5.74) is 19.7. The Bertz CT molecular complexity index is 3520. The Hall–Kier alpha value is -7.94. The molecule has 2 nitrogen and oxygen atoms in total. The van der Waals surface area contributed by atoms with E-state index in [4.69, 9.17) is 4.42 Å². The zero-order valence-corrected chi connectivity index (χ0v) is 35.2. The van der Waals surface area contributed by atoms with Crippen LogP contribution in [0.1, 0.15) is 25.0 Å². The molecule has 10 aromatic carbocycles. The van der Waals surface area contributed by atoms with E-state index in [1.807, 2.05) is 0 Å². The summed E-state index contributed by atoms with van der Waals surface area (Å²) in [4.78, 5) is 2.41. The molecule has 1 aliphatic carbocycles. The molecule has 0 N–H and O–H groups in total. The molecule has 0 radical (unpaired) electrons. The van der Waals surface area contributed by atoms with Crippen molar-refractivity contribution in [2.45, 2.75) is 19.3 Å². The normalized spacial score (nSPS) is 12.7. The number of benzene rings is 10. The molecular formula is C61H43NO. The molecule has 298 valence electrons. The van der Waals surface area contributed by atoms with Gasteiger partial charge in [-0.2, -0.15) is 0 Å². The van der Waals surface area contributed by atoms with E-state index >= 15 is 0 Å². The lowest BCUT2D eigenvalue weighted by Crippen LogP contribution is -2.16. The third-order valence-corrected chi connectivity index (χ3v) is 13.3. The average molecular weight is 806 g/mol. The Morgan fingerprint density at radius 2 is 0.889 bits per heavy atom. The minimum Gasteiger partial charge on any atom is -0.455 e. The van der Waals surface area contributed by atoms with Crippen molar-refractivity contribution in [1.29, 1.82) is 0 Å². The Morgan fingerprint density at radius 3 is 1.68 bits per heavy atom. The van der Waals surface area contributed by atoms with Gasteiger partial charge in [0.05, 0.1) is 0 Å². The van der Waals surface area contributed by atoms with Crippen LogP contribution in [0.4, 0.5) is 17.1 Å². The van der Waals surface area contributed by atoms with Gasteiger partial charge in [0.1, 0.15) is 11.2 Å². The highest BCUT2D eigenvalue weighted by atomic mass is 16.3. The van der Waals surface area contributed by atoms with E-state index in [0.29, 0.717) is 0 Å². The Kier molecular flexibility index (Phi) is 8.55. The topological polar surface area (TPSA) is 16.4 Å². The van der Waals surface area contributed by atoms with E-state index in [1.165, 1.54) is 61.0 Å². The number of hydrogen-bond donors (Lipinski definition) is 0. The van der Waals surface area contributed by atoms with Crippen LogP contribution >= 0.6 is 0 Å². The van der Waals surface area contributed by atoms with Crippen LogP contribution in [-0.2, 0) is 5.41 Å². The summed E-state index contributed by atoms with van der Waals surface area (Å²) in [6.07, 6.45) is 0. The van der Waals surface area contributed by atoms with Gasteiger partial charge in [0.15, 0.2) is 0 Å². The van der Waals surface area contributed by atoms with E-state index in [1.54, 1.807) is 0 Å². The molecule has 2 heteroatoms. The highest BCUT2D eigenvalue weighted by Crippen LogP contribution is 2.51. The monoisotopic (exact) mass is 805 g/mol. The van der Waals surface area contributed by atoms with Gasteiger partial charge in [-0.05, 0) is 127 Å². The second kappa shape index (κ2) is 14.6. The van der Waals surface area contributed by atoms with Crippen LogP contribution in [0, 0.1) is 0 Å². The highest BCUT2D eigenvalue weighted by Gasteiger charge is 2.35. The van der Waals surface area contributed by atoms with Crippen molar-refractivity contribution in [3.8, 4) is 55.6 Å². The van der Waals surface area contributed by atoms with E-state index in [9.17, 15) is 0 Å². The number of rotatable bonds is 7. The number of anilines is 3. The molecule has 1 aliphatic rings. The van der Waals surface area contributed by atoms with Crippen LogP contribution in [0.15, 0.2) is 229 Å². The first-order chi connectivity index (χ1) is 31.0. The maximum absolute atomic E-state index is 6.85. The third-order valence-electron chi connectivity index (χ3n) is 13.3. The van der Waals surface area contributed by atoms with Crippen LogP contribution in [-0.4, -0.2) is 0 Å². The maximum atomic E-state index is 6.85. The third kappa shape index (κ3) is 6.09. The van der Waals surface area contributed by atoms with Crippen molar-refractivity contribution in [2.24, 2.45) is 0 Å². The van der Waals surface area contributed by atoms with Gasteiger partial charge >= 0.3 is 0 Å². The van der Waals surface area contributed by atoms with Crippen LogP contribution in [0.3, 0.4) is 0 Å². The second-order valence-electron chi connectivity index (χ2n) is 17.3. The lowest BCUT2D eigenvalue weighted by Gasteiger charge is -2.28. The van der Waals surface area contributed by atoms with Gasteiger partial charge in [0, 0.05) is 38.6 Å². The summed E-state index contributed by atoms with van der Waals surface area (Å²) < 4.78 is 6.85. The molecule has 12 rings (SSSR count). The Labute approximate surface area is 368 Å². The summed E-state index contributed by atoms with van der Waals surface area (Å²) in [6, 6.07) is 81.5. The van der Waals surface area contributed by atoms with Gasteiger partial charge in [-0.3, -0.25) is 0 Å². The molecule has 0 amide bonds. The minimum atomic E-state index is -0.128. The Morgan fingerprint density at radius 1 is 0.333 bits per heavy atom.